The number of halogens is 3. The molecule has 5 nitrogen and oxygen atoms in total. The minimum absolute atomic E-state index is 0.401. The van der Waals surface area contributed by atoms with Gasteiger partial charge in [0.25, 0.3) is 0 Å². The Labute approximate surface area is 165 Å². The minimum Gasteiger partial charge on any atom is -0.388 e. The number of anilines is 1. The lowest BCUT2D eigenvalue weighted by Gasteiger charge is -2.19. The van der Waals surface area contributed by atoms with Crippen LogP contribution in [0.4, 0.5) is 5.95 Å². The van der Waals surface area contributed by atoms with Gasteiger partial charge in [-0.3, -0.25) is 4.98 Å². The predicted octanol–water partition coefficient (Wildman–Crippen LogP) is 5.32. The summed E-state index contributed by atoms with van der Waals surface area (Å²) in [4.78, 5) is 9.02. The Hall–Kier alpha value is -1.53. The summed E-state index contributed by atoms with van der Waals surface area (Å²) < 4.78 is 2.08. The molecule has 2 aromatic heterocycles. The maximum atomic E-state index is 10.6. The summed E-state index contributed by atoms with van der Waals surface area (Å²) in [5.74, 6) is 0.769. The Morgan fingerprint density at radius 2 is 2.12 bits per heavy atom. The zero-order valence-electron chi connectivity index (χ0n) is 14.1. The van der Waals surface area contributed by atoms with E-state index in [1.807, 2.05) is 13.0 Å². The van der Waals surface area contributed by atoms with Crippen molar-refractivity contribution in [1.29, 1.82) is 0 Å². The van der Waals surface area contributed by atoms with Crippen molar-refractivity contribution < 1.29 is 5.11 Å². The van der Waals surface area contributed by atoms with Crippen molar-refractivity contribution in [2.45, 2.75) is 32.4 Å². The Kier molecular flexibility index (Phi) is 4.73. The summed E-state index contributed by atoms with van der Waals surface area (Å²) in [5, 5.41) is 15.3. The Morgan fingerprint density at radius 3 is 2.85 bits per heavy atom. The molecule has 2 N–H and O–H groups in total. The highest BCUT2D eigenvalue weighted by molar-refractivity contribution is 6.40. The Bertz CT molecular complexity index is 1000. The minimum atomic E-state index is -0.637. The third kappa shape index (κ3) is 2.83. The highest BCUT2D eigenvalue weighted by Crippen LogP contribution is 2.42. The second-order valence-corrected chi connectivity index (χ2v) is 7.52. The van der Waals surface area contributed by atoms with Crippen molar-refractivity contribution in [2.24, 2.45) is 0 Å². The van der Waals surface area contributed by atoms with Crippen LogP contribution in [-0.2, 0) is 6.54 Å². The van der Waals surface area contributed by atoms with Gasteiger partial charge in [0, 0.05) is 30.4 Å². The van der Waals surface area contributed by atoms with E-state index in [1.165, 1.54) is 6.20 Å². The second kappa shape index (κ2) is 6.89. The van der Waals surface area contributed by atoms with Gasteiger partial charge in [0.1, 0.15) is 5.52 Å². The lowest BCUT2D eigenvalue weighted by atomic mass is 9.99. The number of hydrogen-bond acceptors (Lipinski definition) is 4. The van der Waals surface area contributed by atoms with E-state index in [1.54, 1.807) is 6.07 Å². The molecule has 1 aliphatic heterocycles. The first kappa shape index (κ1) is 17.9. The van der Waals surface area contributed by atoms with Crippen molar-refractivity contribution in [1.82, 2.24) is 14.5 Å². The van der Waals surface area contributed by atoms with Crippen LogP contribution >= 0.6 is 34.8 Å². The van der Waals surface area contributed by atoms with Crippen molar-refractivity contribution in [3.05, 3.63) is 39.0 Å². The number of nitrogens with zero attached hydrogens (tertiary/aromatic N) is 3. The molecule has 1 aromatic carbocycles. The number of aryl methyl sites for hydroxylation is 1. The second-order valence-electron chi connectivity index (χ2n) is 6.30. The average molecular weight is 412 g/mol. The summed E-state index contributed by atoms with van der Waals surface area (Å²) in [6.07, 6.45) is 2.46. The number of imidazole rings is 1. The molecule has 1 unspecified atom stereocenters. The first-order chi connectivity index (χ1) is 12.5. The van der Waals surface area contributed by atoms with Gasteiger partial charge < -0.3 is 15.0 Å². The molecule has 0 saturated heterocycles. The molecule has 0 amide bonds. The van der Waals surface area contributed by atoms with Crippen LogP contribution in [0.2, 0.25) is 15.1 Å². The predicted molar refractivity (Wildman–Crippen MR) is 106 cm³/mol. The SMILES string of the molecule is CCC(O)c1cc(-c2ncc(Cl)cc2Cl)c(Cl)c2nc3n(c12)CCCN3. The Balaban J connectivity index is 2.05. The van der Waals surface area contributed by atoms with Crippen LogP contribution in [0.15, 0.2) is 18.3 Å². The average Bonchev–Trinajstić information content (AvgIpc) is 3.02. The molecule has 136 valence electrons. The molecular weight excluding hydrogens is 395 g/mol. The van der Waals surface area contributed by atoms with Gasteiger partial charge in [-0.05, 0) is 25.0 Å². The lowest BCUT2D eigenvalue weighted by Crippen LogP contribution is -2.17. The molecular formula is C18H17Cl3N4O. The number of nitrogens with one attached hydrogen (secondary N) is 1. The summed E-state index contributed by atoms with van der Waals surface area (Å²) in [5.41, 5.74) is 3.44. The molecule has 8 heteroatoms. The van der Waals surface area contributed by atoms with Gasteiger partial charge in [-0.2, -0.15) is 0 Å². The Morgan fingerprint density at radius 1 is 1.31 bits per heavy atom. The highest BCUT2D eigenvalue weighted by atomic mass is 35.5. The molecule has 0 saturated carbocycles. The van der Waals surface area contributed by atoms with E-state index < -0.39 is 6.10 Å². The van der Waals surface area contributed by atoms with E-state index in [2.05, 4.69) is 19.9 Å². The summed E-state index contributed by atoms with van der Waals surface area (Å²) in [7, 11) is 0. The molecule has 0 aliphatic carbocycles. The van der Waals surface area contributed by atoms with Gasteiger partial charge in [-0.25, -0.2) is 4.98 Å². The molecule has 0 bridgehead atoms. The number of aliphatic hydroxyl groups excluding tert-OH is 1. The van der Waals surface area contributed by atoms with Crippen LogP contribution in [0.3, 0.4) is 0 Å². The van der Waals surface area contributed by atoms with Crippen LogP contribution in [0.25, 0.3) is 22.3 Å². The number of pyridine rings is 1. The fraction of sp³-hybridized carbons (Fsp3) is 0.333. The van der Waals surface area contributed by atoms with E-state index in [4.69, 9.17) is 34.8 Å². The standard InChI is InChI=1S/C18H17Cl3N4O/c1-2-13(26)10-7-11(15-12(20)6-9(19)8-23-15)14(21)16-17(10)25-5-3-4-22-18(25)24-16/h6-8,13,26H,2-5H2,1H3,(H,22,24). The van der Waals surface area contributed by atoms with Gasteiger partial charge in [-0.15, -0.1) is 0 Å². The van der Waals surface area contributed by atoms with Crippen molar-refractivity contribution in [3.8, 4) is 11.3 Å². The van der Waals surface area contributed by atoms with Crippen molar-refractivity contribution in [3.63, 3.8) is 0 Å². The number of aliphatic hydroxyl groups is 1. The zero-order chi connectivity index (χ0) is 18.4. The molecule has 3 aromatic rings. The number of fused-ring (bicyclic) bond motifs is 3. The molecule has 26 heavy (non-hydrogen) atoms. The first-order valence-corrected chi connectivity index (χ1v) is 9.60. The normalized spacial score (nSPS) is 15.0. The van der Waals surface area contributed by atoms with Crippen LogP contribution in [0, 0.1) is 0 Å². The molecule has 0 spiro atoms. The third-order valence-electron chi connectivity index (χ3n) is 4.64. The zero-order valence-corrected chi connectivity index (χ0v) is 16.3. The number of aromatic nitrogens is 3. The quantitative estimate of drug-likeness (QED) is 0.612. The van der Waals surface area contributed by atoms with Gasteiger partial charge in [-0.1, -0.05) is 41.7 Å². The van der Waals surface area contributed by atoms with Crippen LogP contribution in [-0.4, -0.2) is 26.2 Å². The van der Waals surface area contributed by atoms with Crippen LogP contribution in [0.5, 0.6) is 0 Å². The maximum Gasteiger partial charge on any atom is 0.203 e. The van der Waals surface area contributed by atoms with E-state index in [0.29, 0.717) is 38.3 Å². The molecule has 1 atom stereocenters. The molecule has 0 radical (unpaired) electrons. The number of hydrogen-bond donors (Lipinski definition) is 2. The van der Waals surface area contributed by atoms with Crippen molar-refractivity contribution in [2.75, 3.05) is 11.9 Å². The lowest BCUT2D eigenvalue weighted by molar-refractivity contribution is 0.175. The molecule has 0 fully saturated rings. The fourth-order valence-electron chi connectivity index (χ4n) is 3.36. The van der Waals surface area contributed by atoms with E-state index in [-0.39, 0.29) is 0 Å². The molecule has 1 aliphatic rings. The largest absolute Gasteiger partial charge is 0.388 e. The monoisotopic (exact) mass is 410 g/mol. The van der Waals surface area contributed by atoms with E-state index in [0.717, 1.165) is 36.5 Å². The van der Waals surface area contributed by atoms with Crippen LogP contribution in [0.1, 0.15) is 31.4 Å². The topological polar surface area (TPSA) is 63.0 Å². The number of rotatable bonds is 3. The molecule has 3 heterocycles. The van der Waals surface area contributed by atoms with Crippen molar-refractivity contribution >= 4 is 51.8 Å². The fourth-order valence-corrected chi connectivity index (χ4v) is 4.12. The van der Waals surface area contributed by atoms with Gasteiger partial charge in [0.15, 0.2) is 0 Å². The van der Waals surface area contributed by atoms with Gasteiger partial charge in [0.2, 0.25) is 5.95 Å². The number of benzene rings is 1. The summed E-state index contributed by atoms with van der Waals surface area (Å²) in [6, 6.07) is 3.49. The van der Waals surface area contributed by atoms with Gasteiger partial charge >= 0.3 is 0 Å². The van der Waals surface area contributed by atoms with E-state index in [9.17, 15) is 5.11 Å². The summed E-state index contributed by atoms with van der Waals surface area (Å²) >= 11 is 19.0. The maximum absolute atomic E-state index is 10.6. The first-order valence-electron chi connectivity index (χ1n) is 8.47. The summed E-state index contributed by atoms with van der Waals surface area (Å²) in [6.45, 7) is 3.63. The highest BCUT2D eigenvalue weighted by Gasteiger charge is 2.25. The van der Waals surface area contributed by atoms with E-state index >= 15 is 0 Å². The van der Waals surface area contributed by atoms with Gasteiger partial charge in [0.05, 0.1) is 32.4 Å². The third-order valence-corrected chi connectivity index (χ3v) is 5.51. The smallest absolute Gasteiger partial charge is 0.203 e. The molecule has 4 rings (SSSR count). The van der Waals surface area contributed by atoms with Crippen LogP contribution < -0.4 is 5.32 Å².